The number of benzene rings is 2. The smallest absolute Gasteiger partial charge is 0.123 e. The van der Waals surface area contributed by atoms with Crippen molar-refractivity contribution in [2.45, 2.75) is 19.2 Å². The van der Waals surface area contributed by atoms with Crippen LogP contribution in [0.1, 0.15) is 23.1 Å². The van der Waals surface area contributed by atoms with Gasteiger partial charge in [-0.1, -0.05) is 42.5 Å². The minimum absolute atomic E-state index is 0.299. The minimum atomic E-state index is -0.664. The van der Waals surface area contributed by atoms with E-state index < -0.39 is 6.10 Å². The fourth-order valence-electron chi connectivity index (χ4n) is 2.81. The van der Waals surface area contributed by atoms with Gasteiger partial charge in [0.25, 0.3) is 0 Å². The first-order valence-electron chi connectivity index (χ1n) is 8.28. The molecule has 1 unspecified atom stereocenters. The third kappa shape index (κ3) is 4.75. The van der Waals surface area contributed by atoms with E-state index in [-0.39, 0.29) is 5.82 Å². The first kappa shape index (κ1) is 17.3. The van der Waals surface area contributed by atoms with Crippen molar-refractivity contribution in [1.29, 1.82) is 0 Å². The average Bonchev–Trinajstić information content (AvgIpc) is 3.03. The molecule has 3 aromatic rings. The highest BCUT2D eigenvalue weighted by molar-refractivity contribution is 5.19. The number of aliphatic hydroxyl groups excluding tert-OH is 1. The number of aromatic nitrogens is 2. The summed E-state index contributed by atoms with van der Waals surface area (Å²) in [6.45, 7) is 1.84. The van der Waals surface area contributed by atoms with Gasteiger partial charge in [0, 0.05) is 25.5 Å². The molecule has 5 heteroatoms. The van der Waals surface area contributed by atoms with Crippen LogP contribution in [0.15, 0.2) is 67.0 Å². The zero-order valence-electron chi connectivity index (χ0n) is 14.2. The lowest BCUT2D eigenvalue weighted by Crippen LogP contribution is -2.26. The molecule has 1 aromatic heterocycles. The van der Waals surface area contributed by atoms with Gasteiger partial charge in [0.15, 0.2) is 0 Å². The fraction of sp³-hybridized carbons (Fsp3) is 0.250. The Bertz CT molecular complexity index is 786. The van der Waals surface area contributed by atoms with Crippen molar-refractivity contribution in [3.8, 4) is 0 Å². The van der Waals surface area contributed by atoms with Crippen molar-refractivity contribution < 1.29 is 9.50 Å². The molecule has 4 nitrogen and oxygen atoms in total. The number of aliphatic hydroxyl groups is 1. The largest absolute Gasteiger partial charge is 0.387 e. The van der Waals surface area contributed by atoms with Gasteiger partial charge in [-0.05, 0) is 30.3 Å². The second kappa shape index (κ2) is 8.05. The third-order valence-electron chi connectivity index (χ3n) is 4.15. The number of likely N-dealkylation sites (N-methyl/N-ethyl adjacent to an activating group) is 1. The zero-order valence-corrected chi connectivity index (χ0v) is 14.2. The molecule has 130 valence electrons. The molecule has 0 aliphatic heterocycles. The number of rotatable bonds is 7. The van der Waals surface area contributed by atoms with E-state index in [0.29, 0.717) is 18.7 Å². The highest BCUT2D eigenvalue weighted by Crippen LogP contribution is 2.15. The Labute approximate surface area is 147 Å². The molecule has 0 amide bonds. The van der Waals surface area contributed by atoms with Crippen molar-refractivity contribution in [2.75, 3.05) is 13.6 Å². The molecule has 1 atom stereocenters. The summed E-state index contributed by atoms with van der Waals surface area (Å²) in [6.07, 6.45) is 3.10. The molecule has 0 saturated heterocycles. The Morgan fingerprint density at radius 3 is 2.56 bits per heavy atom. The van der Waals surface area contributed by atoms with E-state index in [1.54, 1.807) is 18.3 Å². The molecular weight excluding hydrogens is 317 g/mol. The molecule has 25 heavy (non-hydrogen) atoms. The second-order valence-electron chi connectivity index (χ2n) is 6.22. The molecule has 0 bridgehead atoms. The maximum absolute atomic E-state index is 13.0. The number of halogens is 1. The van der Waals surface area contributed by atoms with Crippen molar-refractivity contribution in [3.63, 3.8) is 0 Å². The van der Waals surface area contributed by atoms with Crippen molar-refractivity contribution >= 4 is 0 Å². The summed E-state index contributed by atoms with van der Waals surface area (Å²) in [5, 5.41) is 10.3. The van der Waals surface area contributed by atoms with E-state index in [0.717, 1.165) is 12.4 Å². The quantitative estimate of drug-likeness (QED) is 0.718. The van der Waals surface area contributed by atoms with Crippen LogP contribution in [-0.4, -0.2) is 33.1 Å². The molecular formula is C20H22FN3O. The average molecular weight is 339 g/mol. The van der Waals surface area contributed by atoms with E-state index in [2.05, 4.69) is 21.7 Å². The highest BCUT2D eigenvalue weighted by Gasteiger charge is 2.13. The molecule has 0 fully saturated rings. The van der Waals surface area contributed by atoms with Gasteiger partial charge in [-0.2, -0.15) is 0 Å². The van der Waals surface area contributed by atoms with Gasteiger partial charge in [-0.15, -0.1) is 0 Å². The van der Waals surface area contributed by atoms with Crippen LogP contribution in [0, 0.1) is 5.82 Å². The lowest BCUT2D eigenvalue weighted by molar-refractivity contribution is 0.122. The predicted molar refractivity (Wildman–Crippen MR) is 95.5 cm³/mol. The molecule has 1 heterocycles. The van der Waals surface area contributed by atoms with Crippen molar-refractivity contribution in [3.05, 3.63) is 89.8 Å². The maximum Gasteiger partial charge on any atom is 0.123 e. The predicted octanol–water partition coefficient (Wildman–Crippen LogP) is 3.24. The number of imidazole rings is 1. The van der Waals surface area contributed by atoms with Crippen molar-refractivity contribution in [1.82, 2.24) is 14.5 Å². The standard InChI is InChI=1S/C20H22FN3O/c1-23(14-19(25)17-7-9-18(21)10-8-17)15-20-22-11-12-24(20)13-16-5-3-2-4-6-16/h2-12,19,25H,13-15H2,1H3. The third-order valence-corrected chi connectivity index (χ3v) is 4.15. The van der Waals surface area contributed by atoms with Gasteiger partial charge in [-0.3, -0.25) is 4.90 Å². The molecule has 3 rings (SSSR count). The lowest BCUT2D eigenvalue weighted by Gasteiger charge is -2.21. The Kier molecular flexibility index (Phi) is 5.58. The van der Waals surface area contributed by atoms with Gasteiger partial charge in [0.05, 0.1) is 12.6 Å². The second-order valence-corrected chi connectivity index (χ2v) is 6.22. The van der Waals surface area contributed by atoms with Crippen LogP contribution < -0.4 is 0 Å². The normalized spacial score (nSPS) is 12.5. The Morgan fingerprint density at radius 2 is 1.84 bits per heavy atom. The molecule has 0 aliphatic carbocycles. The van der Waals surface area contributed by atoms with E-state index in [1.165, 1.54) is 17.7 Å². The summed E-state index contributed by atoms with van der Waals surface area (Å²) in [6, 6.07) is 16.2. The van der Waals surface area contributed by atoms with Crippen LogP contribution in [0.4, 0.5) is 4.39 Å². The van der Waals surface area contributed by atoms with Gasteiger partial charge >= 0.3 is 0 Å². The van der Waals surface area contributed by atoms with Gasteiger partial charge in [0.1, 0.15) is 11.6 Å². The summed E-state index contributed by atoms with van der Waals surface area (Å²) in [5.74, 6) is 0.643. The first-order valence-corrected chi connectivity index (χ1v) is 8.28. The number of nitrogens with zero attached hydrogens (tertiary/aromatic N) is 3. The fourth-order valence-corrected chi connectivity index (χ4v) is 2.81. The van der Waals surface area contributed by atoms with E-state index in [4.69, 9.17) is 0 Å². The lowest BCUT2D eigenvalue weighted by atomic mass is 10.1. The molecule has 0 spiro atoms. The van der Waals surface area contributed by atoms with E-state index >= 15 is 0 Å². The van der Waals surface area contributed by atoms with E-state index in [9.17, 15) is 9.50 Å². The zero-order chi connectivity index (χ0) is 17.6. The molecule has 2 aromatic carbocycles. The monoisotopic (exact) mass is 339 g/mol. The molecule has 1 N–H and O–H groups in total. The number of hydrogen-bond acceptors (Lipinski definition) is 3. The van der Waals surface area contributed by atoms with Crippen LogP contribution in [-0.2, 0) is 13.1 Å². The van der Waals surface area contributed by atoms with Gasteiger partial charge in [-0.25, -0.2) is 9.37 Å². The number of hydrogen-bond donors (Lipinski definition) is 1. The van der Waals surface area contributed by atoms with E-state index in [1.807, 2.05) is 36.3 Å². The molecule has 0 aliphatic rings. The topological polar surface area (TPSA) is 41.3 Å². The first-order chi connectivity index (χ1) is 12.1. The van der Waals surface area contributed by atoms with Gasteiger partial charge < -0.3 is 9.67 Å². The van der Waals surface area contributed by atoms with Gasteiger partial charge in [0.2, 0.25) is 0 Å². The Morgan fingerprint density at radius 1 is 1.12 bits per heavy atom. The SMILES string of the molecule is CN(Cc1nccn1Cc1ccccc1)CC(O)c1ccc(F)cc1. The Balaban J connectivity index is 1.60. The summed E-state index contributed by atoms with van der Waals surface area (Å²) in [7, 11) is 1.94. The minimum Gasteiger partial charge on any atom is -0.387 e. The Hall–Kier alpha value is -2.50. The van der Waals surface area contributed by atoms with Crippen LogP contribution >= 0.6 is 0 Å². The summed E-state index contributed by atoms with van der Waals surface area (Å²) in [4.78, 5) is 6.45. The van der Waals surface area contributed by atoms with Crippen LogP contribution in [0.3, 0.4) is 0 Å². The summed E-state index contributed by atoms with van der Waals surface area (Å²) >= 11 is 0. The summed E-state index contributed by atoms with van der Waals surface area (Å²) < 4.78 is 15.1. The van der Waals surface area contributed by atoms with Crippen LogP contribution in [0.25, 0.3) is 0 Å². The molecule has 0 saturated carbocycles. The van der Waals surface area contributed by atoms with Crippen LogP contribution in [0.5, 0.6) is 0 Å². The maximum atomic E-state index is 13.0. The van der Waals surface area contributed by atoms with Crippen LogP contribution in [0.2, 0.25) is 0 Å². The summed E-state index contributed by atoms with van der Waals surface area (Å²) in [5.41, 5.74) is 1.93. The van der Waals surface area contributed by atoms with Crippen molar-refractivity contribution in [2.24, 2.45) is 0 Å². The molecule has 0 radical (unpaired) electrons. The highest BCUT2D eigenvalue weighted by atomic mass is 19.1.